The van der Waals surface area contributed by atoms with E-state index >= 15 is 0 Å². The third-order valence-electron chi connectivity index (χ3n) is 2.94. The number of ether oxygens (including phenoxy) is 2. The van der Waals surface area contributed by atoms with Crippen LogP contribution in [-0.4, -0.2) is 13.7 Å². The first kappa shape index (κ1) is 15.4. The topological polar surface area (TPSA) is 30.5 Å². The van der Waals surface area contributed by atoms with Crippen molar-refractivity contribution >= 4 is 17.3 Å². The summed E-state index contributed by atoms with van der Waals surface area (Å²) in [6.45, 7) is 3.00. The highest BCUT2D eigenvalue weighted by Crippen LogP contribution is 2.29. The zero-order valence-corrected chi connectivity index (χ0v) is 12.7. The zero-order chi connectivity index (χ0) is 15.2. The molecule has 0 unspecified atom stereocenters. The molecule has 0 aliphatic rings. The van der Waals surface area contributed by atoms with Crippen LogP contribution in [0.15, 0.2) is 36.4 Å². The predicted octanol–water partition coefficient (Wildman–Crippen LogP) is 4.50. The van der Waals surface area contributed by atoms with Gasteiger partial charge in [0.25, 0.3) is 0 Å². The number of hydrogen-bond donors (Lipinski definition) is 1. The molecule has 3 nitrogen and oxygen atoms in total. The lowest BCUT2D eigenvalue weighted by Gasteiger charge is -2.12. The van der Waals surface area contributed by atoms with Crippen molar-refractivity contribution < 1.29 is 13.9 Å². The van der Waals surface area contributed by atoms with Crippen molar-refractivity contribution in [3.8, 4) is 11.5 Å². The molecule has 0 saturated carbocycles. The first-order chi connectivity index (χ1) is 10.1. The van der Waals surface area contributed by atoms with Crippen LogP contribution < -0.4 is 14.8 Å². The molecule has 0 amide bonds. The van der Waals surface area contributed by atoms with Gasteiger partial charge < -0.3 is 14.8 Å². The van der Waals surface area contributed by atoms with Gasteiger partial charge in [0, 0.05) is 6.54 Å². The molecule has 112 valence electrons. The monoisotopic (exact) mass is 309 g/mol. The summed E-state index contributed by atoms with van der Waals surface area (Å²) in [5.74, 6) is 1.04. The van der Waals surface area contributed by atoms with E-state index in [1.165, 1.54) is 18.2 Å². The van der Waals surface area contributed by atoms with Crippen molar-refractivity contribution in [3.05, 3.63) is 52.8 Å². The lowest BCUT2D eigenvalue weighted by Crippen LogP contribution is -2.02. The van der Waals surface area contributed by atoms with E-state index < -0.39 is 0 Å². The Morgan fingerprint density at radius 1 is 1.14 bits per heavy atom. The first-order valence-electron chi connectivity index (χ1n) is 6.62. The molecule has 0 spiro atoms. The molecule has 0 radical (unpaired) electrons. The van der Waals surface area contributed by atoms with Crippen LogP contribution >= 0.6 is 11.6 Å². The van der Waals surface area contributed by atoms with Crippen LogP contribution in [0.1, 0.15) is 12.5 Å². The van der Waals surface area contributed by atoms with Gasteiger partial charge in [-0.05, 0) is 42.8 Å². The maximum atomic E-state index is 13.2. The smallest absolute Gasteiger partial charge is 0.161 e. The summed E-state index contributed by atoms with van der Waals surface area (Å²) in [6.07, 6.45) is 0. The Hall–Kier alpha value is -1.94. The standard InChI is InChI=1S/C16H17ClFNO2/c1-3-21-15-7-4-11(8-16(15)20-2)10-19-14-9-12(18)5-6-13(14)17/h4-9,19H,3,10H2,1-2H3. The summed E-state index contributed by atoms with van der Waals surface area (Å²) in [6, 6.07) is 9.88. The van der Waals surface area contributed by atoms with Gasteiger partial charge in [-0.3, -0.25) is 0 Å². The van der Waals surface area contributed by atoms with Gasteiger partial charge in [0.1, 0.15) is 5.82 Å². The Labute approximate surface area is 128 Å². The predicted molar refractivity (Wildman–Crippen MR) is 82.9 cm³/mol. The summed E-state index contributed by atoms with van der Waals surface area (Å²) >= 11 is 6.01. The van der Waals surface area contributed by atoms with Crippen molar-refractivity contribution in [1.82, 2.24) is 0 Å². The summed E-state index contributed by atoms with van der Waals surface area (Å²) in [5.41, 5.74) is 1.54. The van der Waals surface area contributed by atoms with Crippen molar-refractivity contribution in [1.29, 1.82) is 0 Å². The van der Waals surface area contributed by atoms with E-state index in [4.69, 9.17) is 21.1 Å². The normalized spacial score (nSPS) is 10.3. The lowest BCUT2D eigenvalue weighted by atomic mass is 10.2. The molecule has 0 saturated heterocycles. The van der Waals surface area contributed by atoms with Gasteiger partial charge in [0.15, 0.2) is 11.5 Å². The third kappa shape index (κ3) is 4.02. The largest absolute Gasteiger partial charge is 0.493 e. The Morgan fingerprint density at radius 2 is 1.95 bits per heavy atom. The molecular formula is C16H17ClFNO2. The van der Waals surface area contributed by atoms with Crippen LogP contribution in [0.4, 0.5) is 10.1 Å². The molecule has 0 aliphatic heterocycles. The summed E-state index contributed by atoms with van der Waals surface area (Å²) in [5, 5.41) is 3.59. The van der Waals surface area contributed by atoms with Gasteiger partial charge in [0.2, 0.25) is 0 Å². The first-order valence-corrected chi connectivity index (χ1v) is 7.00. The number of halogens is 2. The highest BCUT2D eigenvalue weighted by Gasteiger charge is 2.06. The number of methoxy groups -OCH3 is 1. The molecule has 0 aromatic heterocycles. The molecule has 2 aromatic carbocycles. The molecule has 2 rings (SSSR count). The highest BCUT2D eigenvalue weighted by atomic mass is 35.5. The number of nitrogens with one attached hydrogen (secondary N) is 1. The number of rotatable bonds is 6. The minimum Gasteiger partial charge on any atom is -0.493 e. The maximum Gasteiger partial charge on any atom is 0.161 e. The van der Waals surface area contributed by atoms with Gasteiger partial charge >= 0.3 is 0 Å². The zero-order valence-electron chi connectivity index (χ0n) is 12.0. The van der Waals surface area contributed by atoms with Gasteiger partial charge in [-0.2, -0.15) is 0 Å². The van der Waals surface area contributed by atoms with E-state index in [1.54, 1.807) is 7.11 Å². The van der Waals surface area contributed by atoms with Gasteiger partial charge in [-0.25, -0.2) is 4.39 Å². The van der Waals surface area contributed by atoms with Gasteiger partial charge in [-0.1, -0.05) is 17.7 Å². The number of hydrogen-bond acceptors (Lipinski definition) is 3. The SMILES string of the molecule is CCOc1ccc(CNc2cc(F)ccc2Cl)cc1OC. The van der Waals surface area contributed by atoms with E-state index in [-0.39, 0.29) is 5.82 Å². The molecule has 0 aliphatic carbocycles. The van der Waals surface area contributed by atoms with E-state index in [0.29, 0.717) is 35.4 Å². The molecule has 0 fully saturated rings. The van der Waals surface area contributed by atoms with Crippen molar-refractivity contribution in [2.75, 3.05) is 19.0 Å². The molecule has 1 N–H and O–H groups in total. The van der Waals surface area contributed by atoms with E-state index in [2.05, 4.69) is 5.32 Å². The molecule has 0 bridgehead atoms. The van der Waals surface area contributed by atoms with E-state index in [0.717, 1.165) is 5.56 Å². The summed E-state index contributed by atoms with van der Waals surface area (Å²) in [7, 11) is 1.60. The molecule has 2 aromatic rings. The number of benzene rings is 2. The number of anilines is 1. The second-order valence-electron chi connectivity index (χ2n) is 4.40. The van der Waals surface area contributed by atoms with Crippen LogP contribution in [0.3, 0.4) is 0 Å². The lowest BCUT2D eigenvalue weighted by molar-refractivity contribution is 0.310. The average molecular weight is 310 g/mol. The van der Waals surface area contributed by atoms with Crippen molar-refractivity contribution in [3.63, 3.8) is 0 Å². The molecule has 0 atom stereocenters. The minimum absolute atomic E-state index is 0.328. The van der Waals surface area contributed by atoms with E-state index in [9.17, 15) is 4.39 Å². The van der Waals surface area contributed by atoms with Crippen LogP contribution in [0.25, 0.3) is 0 Å². The summed E-state index contributed by atoms with van der Waals surface area (Å²) in [4.78, 5) is 0. The Kier molecular flexibility index (Phi) is 5.28. The quantitative estimate of drug-likeness (QED) is 0.852. The van der Waals surface area contributed by atoms with Crippen molar-refractivity contribution in [2.45, 2.75) is 13.5 Å². The Bertz CT molecular complexity index is 619. The molecule has 5 heteroatoms. The van der Waals surface area contributed by atoms with E-state index in [1.807, 2.05) is 25.1 Å². The van der Waals surface area contributed by atoms with Gasteiger partial charge in [0.05, 0.1) is 24.4 Å². The van der Waals surface area contributed by atoms with Gasteiger partial charge in [-0.15, -0.1) is 0 Å². The Morgan fingerprint density at radius 3 is 2.67 bits per heavy atom. The van der Waals surface area contributed by atoms with Crippen LogP contribution in [0.5, 0.6) is 11.5 Å². The second kappa shape index (κ2) is 7.18. The fraction of sp³-hybridized carbons (Fsp3) is 0.250. The van der Waals surface area contributed by atoms with Crippen LogP contribution in [-0.2, 0) is 6.54 Å². The molecule has 21 heavy (non-hydrogen) atoms. The molecule has 0 heterocycles. The summed E-state index contributed by atoms with van der Waals surface area (Å²) < 4.78 is 24.0. The minimum atomic E-state index is -0.328. The van der Waals surface area contributed by atoms with Crippen LogP contribution in [0, 0.1) is 5.82 Å². The molecular weight excluding hydrogens is 293 g/mol. The third-order valence-corrected chi connectivity index (χ3v) is 3.27. The fourth-order valence-electron chi connectivity index (χ4n) is 1.93. The Balaban J connectivity index is 2.11. The van der Waals surface area contributed by atoms with Crippen LogP contribution in [0.2, 0.25) is 5.02 Å². The fourth-order valence-corrected chi connectivity index (χ4v) is 2.11. The second-order valence-corrected chi connectivity index (χ2v) is 4.80. The highest BCUT2D eigenvalue weighted by molar-refractivity contribution is 6.33. The van der Waals surface area contributed by atoms with Crippen molar-refractivity contribution in [2.24, 2.45) is 0 Å². The maximum absolute atomic E-state index is 13.2. The average Bonchev–Trinajstić information content (AvgIpc) is 2.49.